The lowest BCUT2D eigenvalue weighted by Crippen LogP contribution is -2.31. The number of carbonyl (C=O) groups is 2. The van der Waals surface area contributed by atoms with Gasteiger partial charge in [-0.3, -0.25) is 14.6 Å². The van der Waals surface area contributed by atoms with E-state index in [-0.39, 0.29) is 11.8 Å². The number of pyridine rings is 1. The van der Waals surface area contributed by atoms with Gasteiger partial charge in [0.2, 0.25) is 0 Å². The zero-order valence-corrected chi connectivity index (χ0v) is 15.6. The van der Waals surface area contributed by atoms with Crippen LogP contribution < -0.4 is 4.90 Å². The zero-order valence-electron chi connectivity index (χ0n) is 14.1. The van der Waals surface area contributed by atoms with Crippen LogP contribution in [-0.4, -0.2) is 16.8 Å². The first-order valence-electron chi connectivity index (χ1n) is 8.57. The third-order valence-corrected chi connectivity index (χ3v) is 5.93. The zero-order chi connectivity index (χ0) is 18.1. The average Bonchev–Trinajstić information content (AvgIpc) is 2.93. The highest BCUT2D eigenvalue weighted by atomic mass is 35.5. The standard InChI is InChI=1S/C20H17ClN2O2S/c21-13-5-6-14(22-11-13)12-26-16-9-7-15(8-10-16)23-19(24)17-3-1-2-4-18(17)20(23)25/h5-11H,1-4,12H2. The molecule has 1 aliphatic carbocycles. The molecule has 2 amide bonds. The van der Waals surface area contributed by atoms with E-state index in [1.165, 1.54) is 4.90 Å². The van der Waals surface area contributed by atoms with Crippen molar-refractivity contribution in [1.29, 1.82) is 0 Å². The second-order valence-corrected chi connectivity index (χ2v) is 7.85. The number of amides is 2. The molecule has 0 saturated carbocycles. The quantitative estimate of drug-likeness (QED) is 0.562. The molecule has 2 aliphatic rings. The summed E-state index contributed by atoms with van der Waals surface area (Å²) in [5.41, 5.74) is 3.02. The molecular weight excluding hydrogens is 368 g/mol. The van der Waals surface area contributed by atoms with Crippen LogP contribution in [0, 0.1) is 0 Å². The Balaban J connectivity index is 1.45. The lowest BCUT2D eigenvalue weighted by atomic mass is 9.93. The minimum atomic E-state index is -0.143. The van der Waals surface area contributed by atoms with Gasteiger partial charge < -0.3 is 0 Å². The van der Waals surface area contributed by atoms with E-state index in [0.717, 1.165) is 42.0 Å². The first-order valence-corrected chi connectivity index (χ1v) is 9.94. The maximum absolute atomic E-state index is 12.6. The van der Waals surface area contributed by atoms with E-state index >= 15 is 0 Å². The summed E-state index contributed by atoms with van der Waals surface area (Å²) in [4.78, 5) is 31.9. The Morgan fingerprint density at radius 3 is 2.19 bits per heavy atom. The summed E-state index contributed by atoms with van der Waals surface area (Å²) in [6, 6.07) is 11.3. The van der Waals surface area contributed by atoms with Crippen LogP contribution in [0.25, 0.3) is 0 Å². The molecular formula is C20H17ClN2O2S. The van der Waals surface area contributed by atoms with Crippen molar-refractivity contribution < 1.29 is 9.59 Å². The first kappa shape index (κ1) is 17.3. The van der Waals surface area contributed by atoms with E-state index in [4.69, 9.17) is 11.6 Å². The van der Waals surface area contributed by atoms with Crippen LogP contribution in [0.5, 0.6) is 0 Å². The normalized spacial score (nSPS) is 17.0. The summed E-state index contributed by atoms with van der Waals surface area (Å²) >= 11 is 7.49. The fraction of sp³-hybridized carbons (Fsp3) is 0.250. The number of anilines is 1. The highest BCUT2D eigenvalue weighted by molar-refractivity contribution is 7.98. The summed E-state index contributed by atoms with van der Waals surface area (Å²) in [7, 11) is 0. The molecule has 0 atom stereocenters. The number of hydrogen-bond donors (Lipinski definition) is 0. The Bertz CT molecular complexity index is 863. The second-order valence-electron chi connectivity index (χ2n) is 6.36. The number of nitrogens with zero attached hydrogens (tertiary/aromatic N) is 2. The molecule has 0 unspecified atom stereocenters. The number of hydrogen-bond acceptors (Lipinski definition) is 4. The van der Waals surface area contributed by atoms with Crippen LogP contribution in [0.2, 0.25) is 5.02 Å². The van der Waals surface area contributed by atoms with Gasteiger partial charge in [0.25, 0.3) is 11.8 Å². The van der Waals surface area contributed by atoms with Gasteiger partial charge in [0.05, 0.1) is 16.4 Å². The lowest BCUT2D eigenvalue weighted by molar-refractivity contribution is -0.120. The van der Waals surface area contributed by atoms with Gasteiger partial charge in [-0.1, -0.05) is 11.6 Å². The Hall–Kier alpha value is -2.11. The van der Waals surface area contributed by atoms with Crippen LogP contribution in [0.3, 0.4) is 0 Å². The summed E-state index contributed by atoms with van der Waals surface area (Å²) in [6.45, 7) is 0. The van der Waals surface area contributed by atoms with Gasteiger partial charge in [0.1, 0.15) is 0 Å². The molecule has 0 bridgehead atoms. The third-order valence-electron chi connectivity index (χ3n) is 4.66. The van der Waals surface area contributed by atoms with Gasteiger partial charge in [-0.2, -0.15) is 0 Å². The van der Waals surface area contributed by atoms with Gasteiger partial charge in [-0.15, -0.1) is 11.8 Å². The molecule has 0 N–H and O–H groups in total. The van der Waals surface area contributed by atoms with Crippen molar-refractivity contribution in [1.82, 2.24) is 4.98 Å². The largest absolute Gasteiger partial charge is 0.269 e. The number of imide groups is 1. The maximum Gasteiger partial charge on any atom is 0.261 e. The Labute approximate surface area is 161 Å². The van der Waals surface area contributed by atoms with Crippen molar-refractivity contribution in [2.45, 2.75) is 36.3 Å². The van der Waals surface area contributed by atoms with Crippen molar-refractivity contribution in [3.63, 3.8) is 0 Å². The predicted molar refractivity (Wildman–Crippen MR) is 103 cm³/mol. The SMILES string of the molecule is O=C1C2=C(CCCC2)C(=O)N1c1ccc(SCc2ccc(Cl)cn2)cc1. The second kappa shape index (κ2) is 7.25. The van der Waals surface area contributed by atoms with E-state index in [9.17, 15) is 9.59 Å². The predicted octanol–water partition coefficient (Wildman–Crippen LogP) is 4.77. The molecule has 4 rings (SSSR count). The van der Waals surface area contributed by atoms with Gasteiger partial charge >= 0.3 is 0 Å². The third kappa shape index (κ3) is 3.29. The van der Waals surface area contributed by atoms with E-state index < -0.39 is 0 Å². The minimum Gasteiger partial charge on any atom is -0.269 e. The molecule has 1 aromatic heterocycles. The molecule has 2 heterocycles. The van der Waals surface area contributed by atoms with Crippen molar-refractivity contribution in [3.8, 4) is 0 Å². The number of halogens is 1. The molecule has 0 saturated heterocycles. The molecule has 0 spiro atoms. The average molecular weight is 385 g/mol. The summed E-state index contributed by atoms with van der Waals surface area (Å²) in [5, 5.41) is 0.624. The maximum atomic E-state index is 12.6. The molecule has 1 aromatic carbocycles. The van der Waals surface area contributed by atoms with Crippen molar-refractivity contribution in [2.75, 3.05) is 4.90 Å². The van der Waals surface area contributed by atoms with Crippen LogP contribution >= 0.6 is 23.4 Å². The van der Waals surface area contributed by atoms with E-state index in [0.29, 0.717) is 21.9 Å². The molecule has 0 fully saturated rings. The summed E-state index contributed by atoms with van der Waals surface area (Å²) in [5.74, 6) is 0.444. The summed E-state index contributed by atoms with van der Waals surface area (Å²) in [6.07, 6.45) is 5.05. The monoisotopic (exact) mass is 384 g/mol. The molecule has 132 valence electrons. The van der Waals surface area contributed by atoms with Crippen LogP contribution in [-0.2, 0) is 15.3 Å². The number of thioether (sulfide) groups is 1. The van der Waals surface area contributed by atoms with Gasteiger partial charge in [-0.05, 0) is 62.1 Å². The Morgan fingerprint density at radius 2 is 1.62 bits per heavy atom. The molecule has 6 heteroatoms. The van der Waals surface area contributed by atoms with E-state index in [2.05, 4.69) is 4.98 Å². The molecule has 26 heavy (non-hydrogen) atoms. The highest BCUT2D eigenvalue weighted by Crippen LogP contribution is 2.36. The number of carbonyl (C=O) groups excluding carboxylic acids is 2. The molecule has 0 radical (unpaired) electrons. The number of aromatic nitrogens is 1. The first-order chi connectivity index (χ1) is 12.6. The van der Waals surface area contributed by atoms with Crippen LogP contribution in [0.4, 0.5) is 5.69 Å². The molecule has 2 aromatic rings. The van der Waals surface area contributed by atoms with E-state index in [1.807, 2.05) is 36.4 Å². The van der Waals surface area contributed by atoms with Crippen molar-refractivity contribution >= 4 is 40.9 Å². The Morgan fingerprint density at radius 1 is 0.962 bits per heavy atom. The van der Waals surface area contributed by atoms with Crippen molar-refractivity contribution in [2.24, 2.45) is 0 Å². The Kier molecular flexibility index (Phi) is 4.83. The molecule has 1 aliphatic heterocycles. The fourth-order valence-electron chi connectivity index (χ4n) is 3.31. The summed E-state index contributed by atoms with van der Waals surface area (Å²) < 4.78 is 0. The smallest absolute Gasteiger partial charge is 0.261 e. The van der Waals surface area contributed by atoms with Crippen molar-refractivity contribution in [3.05, 3.63) is 64.5 Å². The van der Waals surface area contributed by atoms with Crippen LogP contribution in [0.1, 0.15) is 31.4 Å². The van der Waals surface area contributed by atoms with Crippen LogP contribution in [0.15, 0.2) is 58.6 Å². The van der Waals surface area contributed by atoms with Gasteiger partial charge in [-0.25, -0.2) is 4.90 Å². The van der Waals surface area contributed by atoms with E-state index in [1.54, 1.807) is 18.0 Å². The lowest BCUT2D eigenvalue weighted by Gasteiger charge is -2.15. The minimum absolute atomic E-state index is 0.143. The van der Waals surface area contributed by atoms with Gasteiger partial charge in [0.15, 0.2) is 0 Å². The molecule has 4 nitrogen and oxygen atoms in total. The topological polar surface area (TPSA) is 50.3 Å². The number of benzene rings is 1. The number of rotatable bonds is 4. The van der Waals surface area contributed by atoms with Gasteiger partial charge in [0, 0.05) is 28.0 Å². The highest BCUT2D eigenvalue weighted by Gasteiger charge is 2.39. The fourth-order valence-corrected chi connectivity index (χ4v) is 4.24.